The highest BCUT2D eigenvalue weighted by atomic mass is 16.5. The van der Waals surface area contributed by atoms with E-state index in [-0.39, 0.29) is 0 Å². The van der Waals surface area contributed by atoms with Crippen molar-refractivity contribution >= 4 is 29.1 Å². The van der Waals surface area contributed by atoms with Crippen LogP contribution in [0.3, 0.4) is 0 Å². The van der Waals surface area contributed by atoms with Crippen molar-refractivity contribution < 1.29 is 14.3 Å². The van der Waals surface area contributed by atoms with Crippen molar-refractivity contribution in [2.75, 3.05) is 24.4 Å². The molecule has 2 N–H and O–H groups in total. The van der Waals surface area contributed by atoms with E-state index >= 15 is 0 Å². The van der Waals surface area contributed by atoms with Gasteiger partial charge in [0.1, 0.15) is 11.6 Å². The molecule has 0 radical (unpaired) electrons. The largest absolute Gasteiger partial charge is 0.494 e. The van der Waals surface area contributed by atoms with E-state index in [0.717, 1.165) is 11.4 Å². The molecule has 0 spiro atoms. The van der Waals surface area contributed by atoms with E-state index in [1.165, 1.54) is 7.11 Å². The van der Waals surface area contributed by atoms with Crippen molar-refractivity contribution in [2.45, 2.75) is 6.92 Å². The summed E-state index contributed by atoms with van der Waals surface area (Å²) >= 11 is 0. The molecule has 0 unspecified atom stereocenters. The molecule has 7 nitrogen and oxygen atoms in total. The van der Waals surface area contributed by atoms with Gasteiger partial charge in [-0.2, -0.15) is 4.98 Å². The summed E-state index contributed by atoms with van der Waals surface area (Å²) < 4.78 is 10.2. The average Bonchev–Trinajstić information content (AvgIpc) is 2.70. The van der Waals surface area contributed by atoms with Crippen molar-refractivity contribution in [1.29, 1.82) is 0 Å². The lowest BCUT2D eigenvalue weighted by Gasteiger charge is -2.11. The van der Waals surface area contributed by atoms with Gasteiger partial charge in [0.15, 0.2) is 0 Å². The summed E-state index contributed by atoms with van der Waals surface area (Å²) in [6, 6.07) is 16.3. The van der Waals surface area contributed by atoms with E-state index in [4.69, 9.17) is 9.47 Å². The lowest BCUT2D eigenvalue weighted by molar-refractivity contribution is 0.0602. The van der Waals surface area contributed by atoms with Gasteiger partial charge in [-0.25, -0.2) is 9.78 Å². The summed E-state index contributed by atoms with van der Waals surface area (Å²) in [5.74, 6) is 1.37. The predicted molar refractivity (Wildman–Crippen MR) is 104 cm³/mol. The number of esters is 1. The fourth-order valence-corrected chi connectivity index (χ4v) is 2.44. The van der Waals surface area contributed by atoms with Crippen LogP contribution < -0.4 is 15.4 Å². The zero-order chi connectivity index (χ0) is 19.1. The summed E-state index contributed by atoms with van der Waals surface area (Å²) in [5.41, 5.74) is 1.88. The van der Waals surface area contributed by atoms with Crippen molar-refractivity contribution in [3.05, 3.63) is 66.4 Å². The van der Waals surface area contributed by atoms with E-state index in [0.29, 0.717) is 29.6 Å². The third-order valence-electron chi connectivity index (χ3n) is 3.67. The fraction of sp³-hybridized carbons (Fsp3) is 0.150. The second-order valence-corrected chi connectivity index (χ2v) is 5.51. The molecule has 0 aliphatic carbocycles. The second-order valence-electron chi connectivity index (χ2n) is 5.51. The van der Waals surface area contributed by atoms with Crippen LogP contribution in [0.15, 0.2) is 60.8 Å². The van der Waals surface area contributed by atoms with Gasteiger partial charge in [0.25, 0.3) is 0 Å². The molecule has 0 amide bonds. The molecule has 7 heteroatoms. The molecule has 0 aliphatic rings. The van der Waals surface area contributed by atoms with Crippen LogP contribution in [-0.4, -0.2) is 29.7 Å². The third kappa shape index (κ3) is 4.72. The Morgan fingerprint density at radius 1 is 1.04 bits per heavy atom. The van der Waals surface area contributed by atoms with Gasteiger partial charge in [-0.05, 0) is 49.4 Å². The zero-order valence-electron chi connectivity index (χ0n) is 15.1. The molecule has 0 saturated carbocycles. The average molecular weight is 364 g/mol. The van der Waals surface area contributed by atoms with E-state index in [1.807, 2.05) is 37.3 Å². The van der Waals surface area contributed by atoms with Crippen molar-refractivity contribution in [3.63, 3.8) is 0 Å². The van der Waals surface area contributed by atoms with Gasteiger partial charge >= 0.3 is 5.97 Å². The van der Waals surface area contributed by atoms with Gasteiger partial charge in [0, 0.05) is 11.9 Å². The molecule has 1 heterocycles. The Kier molecular flexibility index (Phi) is 5.84. The number of rotatable bonds is 7. The van der Waals surface area contributed by atoms with Crippen molar-refractivity contribution in [1.82, 2.24) is 9.97 Å². The summed E-state index contributed by atoms with van der Waals surface area (Å²) in [4.78, 5) is 20.5. The Bertz CT molecular complexity index is 913. The van der Waals surface area contributed by atoms with E-state index < -0.39 is 5.97 Å². The number of hydrogen-bond donors (Lipinski definition) is 2. The molecule has 3 aromatic rings. The summed E-state index contributed by atoms with van der Waals surface area (Å²) in [5, 5.41) is 6.27. The third-order valence-corrected chi connectivity index (χ3v) is 3.67. The zero-order valence-corrected chi connectivity index (χ0v) is 15.1. The minimum atomic E-state index is -0.417. The molecular weight excluding hydrogens is 344 g/mol. The smallest absolute Gasteiger partial charge is 0.339 e. The maximum Gasteiger partial charge on any atom is 0.339 e. The molecular formula is C20H20N4O3. The molecule has 0 fully saturated rings. The molecule has 3 rings (SSSR count). The first kappa shape index (κ1) is 18.2. The van der Waals surface area contributed by atoms with Crippen LogP contribution in [0.25, 0.3) is 0 Å². The first-order chi connectivity index (χ1) is 13.2. The Balaban J connectivity index is 1.75. The Hall–Kier alpha value is -3.61. The first-order valence-electron chi connectivity index (χ1n) is 8.47. The van der Waals surface area contributed by atoms with Crippen LogP contribution in [0, 0.1) is 0 Å². The predicted octanol–water partition coefficient (Wildman–Crippen LogP) is 4.15. The van der Waals surface area contributed by atoms with Crippen LogP contribution in [-0.2, 0) is 4.74 Å². The highest BCUT2D eigenvalue weighted by molar-refractivity contribution is 5.96. The lowest BCUT2D eigenvalue weighted by Crippen LogP contribution is -2.06. The molecule has 1 aromatic heterocycles. The van der Waals surface area contributed by atoms with Crippen LogP contribution in [0.4, 0.5) is 23.1 Å². The molecule has 27 heavy (non-hydrogen) atoms. The number of carbonyl (C=O) groups excluding carboxylic acids is 1. The lowest BCUT2D eigenvalue weighted by atomic mass is 10.2. The van der Waals surface area contributed by atoms with E-state index in [1.54, 1.807) is 30.5 Å². The van der Waals surface area contributed by atoms with Crippen LogP contribution in [0.5, 0.6) is 5.75 Å². The van der Waals surface area contributed by atoms with E-state index in [2.05, 4.69) is 20.6 Å². The highest BCUT2D eigenvalue weighted by Gasteiger charge is 2.11. The Morgan fingerprint density at radius 2 is 1.81 bits per heavy atom. The number of aromatic nitrogens is 2. The summed E-state index contributed by atoms with van der Waals surface area (Å²) in [7, 11) is 1.35. The monoisotopic (exact) mass is 364 g/mol. The minimum Gasteiger partial charge on any atom is -0.494 e. The number of nitrogens with zero attached hydrogens (tertiary/aromatic N) is 2. The SMILES string of the molecule is CCOc1ccc(Nc2nccc(Nc3ccccc3C(=O)OC)n2)cc1. The molecule has 0 atom stereocenters. The van der Waals surface area contributed by atoms with Gasteiger partial charge in [-0.3, -0.25) is 0 Å². The maximum absolute atomic E-state index is 11.9. The number of nitrogens with one attached hydrogen (secondary N) is 2. The van der Waals surface area contributed by atoms with Crippen molar-refractivity contribution in [3.8, 4) is 5.75 Å². The Morgan fingerprint density at radius 3 is 2.56 bits per heavy atom. The van der Waals surface area contributed by atoms with E-state index in [9.17, 15) is 4.79 Å². The number of anilines is 4. The molecule has 138 valence electrons. The van der Waals surface area contributed by atoms with Gasteiger partial charge in [0.05, 0.1) is 25.0 Å². The molecule has 0 bridgehead atoms. The fourth-order valence-electron chi connectivity index (χ4n) is 2.44. The Labute approximate surface area is 157 Å². The quantitative estimate of drug-likeness (QED) is 0.609. The minimum absolute atomic E-state index is 0.417. The molecule has 0 saturated heterocycles. The topological polar surface area (TPSA) is 85.4 Å². The number of para-hydroxylation sites is 1. The summed E-state index contributed by atoms with van der Waals surface area (Å²) in [6.07, 6.45) is 1.63. The highest BCUT2D eigenvalue weighted by Crippen LogP contribution is 2.22. The number of ether oxygens (including phenoxy) is 2. The van der Waals surface area contributed by atoms with Gasteiger partial charge in [0.2, 0.25) is 5.95 Å². The molecule has 2 aromatic carbocycles. The van der Waals surface area contributed by atoms with Gasteiger partial charge in [-0.15, -0.1) is 0 Å². The van der Waals surface area contributed by atoms with Gasteiger partial charge < -0.3 is 20.1 Å². The van der Waals surface area contributed by atoms with Gasteiger partial charge in [-0.1, -0.05) is 12.1 Å². The second kappa shape index (κ2) is 8.66. The number of hydrogen-bond acceptors (Lipinski definition) is 7. The number of methoxy groups -OCH3 is 1. The number of benzene rings is 2. The first-order valence-corrected chi connectivity index (χ1v) is 8.47. The standard InChI is InChI=1S/C20H20N4O3/c1-3-27-15-10-8-14(9-11-15)22-20-21-13-12-18(24-20)23-17-7-5-4-6-16(17)19(25)26-2/h4-13H,3H2,1-2H3,(H2,21,22,23,24). The number of carbonyl (C=O) groups is 1. The molecule has 0 aliphatic heterocycles. The van der Waals surface area contributed by atoms with Crippen LogP contribution >= 0.6 is 0 Å². The normalized spacial score (nSPS) is 10.1. The maximum atomic E-state index is 11.9. The van der Waals surface area contributed by atoms with Crippen LogP contribution in [0.1, 0.15) is 17.3 Å². The van der Waals surface area contributed by atoms with Crippen molar-refractivity contribution in [2.24, 2.45) is 0 Å². The van der Waals surface area contributed by atoms with Crippen LogP contribution in [0.2, 0.25) is 0 Å². The summed E-state index contributed by atoms with van der Waals surface area (Å²) in [6.45, 7) is 2.56.